The van der Waals surface area contributed by atoms with E-state index in [0.29, 0.717) is 18.5 Å². The number of benzene rings is 2. The van der Waals surface area contributed by atoms with Crippen LogP contribution in [0.3, 0.4) is 0 Å². The number of ether oxygens (including phenoxy) is 1. The van der Waals surface area contributed by atoms with Crippen LogP contribution in [-0.4, -0.2) is 13.2 Å². The summed E-state index contributed by atoms with van der Waals surface area (Å²) >= 11 is 0. The highest BCUT2D eigenvalue weighted by Crippen LogP contribution is 2.32. The van der Waals surface area contributed by atoms with E-state index in [0.717, 1.165) is 23.2 Å². The number of halogens is 1. The fourth-order valence-electron chi connectivity index (χ4n) is 2.11. The molecule has 0 fully saturated rings. The number of hydrogen-bond acceptors (Lipinski definition) is 2. The predicted molar refractivity (Wildman–Crippen MR) is 61.1 cm³/mol. The van der Waals surface area contributed by atoms with Crippen LogP contribution >= 0.6 is 0 Å². The predicted octanol–water partition coefficient (Wildman–Crippen LogP) is 2.46. The minimum atomic E-state index is -0.179. The Balaban J connectivity index is 2.32. The van der Waals surface area contributed by atoms with Gasteiger partial charge in [-0.2, -0.15) is 0 Å². The molecule has 2 nitrogen and oxygen atoms in total. The van der Waals surface area contributed by atoms with E-state index in [9.17, 15) is 4.39 Å². The fraction of sp³-hybridized carbons (Fsp3) is 0.231. The third-order valence-corrected chi connectivity index (χ3v) is 2.86. The van der Waals surface area contributed by atoms with Crippen LogP contribution in [0.15, 0.2) is 30.3 Å². The van der Waals surface area contributed by atoms with Gasteiger partial charge >= 0.3 is 0 Å². The monoisotopic (exact) mass is 217 g/mol. The highest BCUT2D eigenvalue weighted by atomic mass is 19.1. The average Bonchev–Trinajstić information content (AvgIpc) is 2.55. The van der Waals surface area contributed by atoms with Crippen molar-refractivity contribution in [3.63, 3.8) is 0 Å². The summed E-state index contributed by atoms with van der Waals surface area (Å²) in [6.07, 6.45) is 0. The van der Waals surface area contributed by atoms with Gasteiger partial charge in [0.2, 0.25) is 0 Å². The van der Waals surface area contributed by atoms with Crippen LogP contribution in [0.5, 0.6) is 5.75 Å². The number of hydrogen-bond donors (Lipinski definition) is 1. The molecule has 3 rings (SSSR count). The van der Waals surface area contributed by atoms with Crippen molar-refractivity contribution >= 4 is 10.8 Å². The molecular weight excluding hydrogens is 205 g/mol. The summed E-state index contributed by atoms with van der Waals surface area (Å²) in [7, 11) is 0. The summed E-state index contributed by atoms with van der Waals surface area (Å²) in [6.45, 7) is 2.09. The van der Waals surface area contributed by atoms with Gasteiger partial charge in [0.05, 0.1) is 0 Å². The van der Waals surface area contributed by atoms with Crippen LogP contribution in [0.2, 0.25) is 0 Å². The third-order valence-electron chi connectivity index (χ3n) is 2.86. The largest absolute Gasteiger partial charge is 0.491 e. The first kappa shape index (κ1) is 9.60. The van der Waals surface area contributed by atoms with E-state index in [4.69, 9.17) is 4.74 Å². The SMILES string of the molecule is Fc1cc2c(c3ccccc13)OCCNC2. The standard InChI is InChI=1S/C13H12FNO/c14-12-7-9-8-15-5-6-16-13(9)11-4-2-1-3-10(11)12/h1-4,7,15H,5-6,8H2. The lowest BCUT2D eigenvalue weighted by atomic mass is 10.0. The zero-order chi connectivity index (χ0) is 11.0. The Morgan fingerprint density at radius 2 is 2.00 bits per heavy atom. The molecule has 82 valence electrons. The van der Waals surface area contributed by atoms with Crippen LogP contribution in [0.4, 0.5) is 4.39 Å². The quantitative estimate of drug-likeness (QED) is 0.732. The molecule has 1 heterocycles. The molecule has 0 bridgehead atoms. The number of nitrogens with one attached hydrogen (secondary N) is 1. The molecule has 0 amide bonds. The molecule has 1 aliphatic heterocycles. The van der Waals surface area contributed by atoms with Gasteiger partial charge in [-0.25, -0.2) is 4.39 Å². The van der Waals surface area contributed by atoms with E-state index < -0.39 is 0 Å². The van der Waals surface area contributed by atoms with Gasteiger partial charge in [0.25, 0.3) is 0 Å². The van der Waals surface area contributed by atoms with Gasteiger partial charge in [-0.05, 0) is 6.07 Å². The Kier molecular flexibility index (Phi) is 2.26. The average molecular weight is 217 g/mol. The van der Waals surface area contributed by atoms with E-state index >= 15 is 0 Å². The second kappa shape index (κ2) is 3.76. The van der Waals surface area contributed by atoms with Gasteiger partial charge in [-0.15, -0.1) is 0 Å². The minimum Gasteiger partial charge on any atom is -0.491 e. The summed E-state index contributed by atoms with van der Waals surface area (Å²) in [5.41, 5.74) is 0.897. The summed E-state index contributed by atoms with van der Waals surface area (Å²) < 4.78 is 19.5. The molecule has 1 aliphatic rings. The minimum absolute atomic E-state index is 0.179. The zero-order valence-electron chi connectivity index (χ0n) is 8.79. The summed E-state index contributed by atoms with van der Waals surface area (Å²) in [5, 5.41) is 4.69. The molecule has 1 N–H and O–H groups in total. The highest BCUT2D eigenvalue weighted by molar-refractivity contribution is 5.90. The van der Waals surface area contributed by atoms with Gasteiger partial charge < -0.3 is 10.1 Å². The fourth-order valence-corrected chi connectivity index (χ4v) is 2.11. The molecule has 16 heavy (non-hydrogen) atoms. The Morgan fingerprint density at radius 3 is 2.88 bits per heavy atom. The molecule has 0 aromatic heterocycles. The molecule has 3 heteroatoms. The molecule has 0 atom stereocenters. The van der Waals surface area contributed by atoms with E-state index in [1.807, 2.05) is 18.2 Å². The van der Waals surface area contributed by atoms with E-state index in [1.54, 1.807) is 12.1 Å². The van der Waals surface area contributed by atoms with Gasteiger partial charge in [0.1, 0.15) is 18.2 Å². The molecule has 2 aromatic rings. The second-order valence-electron chi connectivity index (χ2n) is 3.92. The summed E-state index contributed by atoms with van der Waals surface area (Å²) in [6, 6.07) is 9.00. The summed E-state index contributed by atoms with van der Waals surface area (Å²) in [5.74, 6) is 0.642. The van der Waals surface area contributed by atoms with Crippen LogP contribution in [0.25, 0.3) is 10.8 Å². The molecule has 0 radical (unpaired) electrons. The lowest BCUT2D eigenvalue weighted by molar-refractivity contribution is 0.329. The van der Waals surface area contributed by atoms with Crippen molar-refractivity contribution in [2.75, 3.05) is 13.2 Å². The van der Waals surface area contributed by atoms with Crippen LogP contribution < -0.4 is 10.1 Å². The van der Waals surface area contributed by atoms with E-state index in [2.05, 4.69) is 5.32 Å². The summed E-state index contributed by atoms with van der Waals surface area (Å²) in [4.78, 5) is 0. The van der Waals surface area contributed by atoms with Crippen molar-refractivity contribution in [3.05, 3.63) is 41.7 Å². The Bertz CT molecular complexity index is 539. The number of fused-ring (bicyclic) bond motifs is 3. The van der Waals surface area contributed by atoms with Gasteiger partial charge in [0.15, 0.2) is 0 Å². The molecule has 2 aromatic carbocycles. The van der Waals surface area contributed by atoms with Crippen LogP contribution in [0.1, 0.15) is 5.56 Å². The first-order chi connectivity index (χ1) is 7.86. The van der Waals surface area contributed by atoms with Gasteiger partial charge in [-0.3, -0.25) is 0 Å². The molecule has 0 aliphatic carbocycles. The van der Waals surface area contributed by atoms with E-state index in [-0.39, 0.29) is 5.82 Å². The lowest BCUT2D eigenvalue weighted by Crippen LogP contribution is -2.16. The smallest absolute Gasteiger partial charge is 0.131 e. The highest BCUT2D eigenvalue weighted by Gasteiger charge is 2.14. The Hall–Kier alpha value is -1.61. The lowest BCUT2D eigenvalue weighted by Gasteiger charge is -2.11. The van der Waals surface area contributed by atoms with Crippen molar-refractivity contribution in [1.82, 2.24) is 5.32 Å². The third kappa shape index (κ3) is 1.44. The Morgan fingerprint density at radius 1 is 1.19 bits per heavy atom. The van der Waals surface area contributed by atoms with Crippen molar-refractivity contribution in [2.24, 2.45) is 0 Å². The second-order valence-corrected chi connectivity index (χ2v) is 3.92. The van der Waals surface area contributed by atoms with Crippen molar-refractivity contribution in [1.29, 1.82) is 0 Å². The number of rotatable bonds is 0. The first-order valence-corrected chi connectivity index (χ1v) is 5.40. The van der Waals surface area contributed by atoms with Crippen LogP contribution in [0, 0.1) is 5.82 Å². The van der Waals surface area contributed by atoms with Crippen molar-refractivity contribution < 1.29 is 9.13 Å². The molecular formula is C13H12FNO. The molecule has 0 saturated carbocycles. The van der Waals surface area contributed by atoms with E-state index in [1.165, 1.54) is 0 Å². The normalized spacial score (nSPS) is 15.3. The maximum Gasteiger partial charge on any atom is 0.131 e. The Labute approximate surface area is 93.0 Å². The van der Waals surface area contributed by atoms with Crippen molar-refractivity contribution in [2.45, 2.75) is 6.54 Å². The maximum absolute atomic E-state index is 13.8. The molecule has 0 saturated heterocycles. The molecule has 0 spiro atoms. The van der Waals surface area contributed by atoms with Crippen molar-refractivity contribution in [3.8, 4) is 5.75 Å². The van der Waals surface area contributed by atoms with Gasteiger partial charge in [0, 0.05) is 29.4 Å². The van der Waals surface area contributed by atoms with Crippen LogP contribution in [-0.2, 0) is 6.54 Å². The maximum atomic E-state index is 13.8. The topological polar surface area (TPSA) is 21.3 Å². The first-order valence-electron chi connectivity index (χ1n) is 5.40. The van der Waals surface area contributed by atoms with Gasteiger partial charge in [-0.1, -0.05) is 24.3 Å². The zero-order valence-corrected chi connectivity index (χ0v) is 8.79. The molecule has 0 unspecified atom stereocenters.